The Hall–Kier alpha value is -1.02. The van der Waals surface area contributed by atoms with Crippen LogP contribution in [0.4, 0.5) is 5.69 Å². The van der Waals surface area contributed by atoms with Crippen molar-refractivity contribution in [1.29, 1.82) is 0 Å². The van der Waals surface area contributed by atoms with Crippen molar-refractivity contribution in [3.63, 3.8) is 0 Å². The second-order valence-corrected chi connectivity index (χ2v) is 5.42. The molecule has 1 aromatic rings. The number of fused-ring (bicyclic) bond motifs is 1. The van der Waals surface area contributed by atoms with Gasteiger partial charge in [0.15, 0.2) is 0 Å². The number of nitrogens with two attached hydrogens (primary N) is 1. The van der Waals surface area contributed by atoms with Crippen molar-refractivity contribution in [3.05, 3.63) is 29.3 Å². The molecule has 0 amide bonds. The van der Waals surface area contributed by atoms with Crippen LogP contribution in [0.2, 0.25) is 0 Å². The van der Waals surface area contributed by atoms with Crippen LogP contribution in [0.25, 0.3) is 0 Å². The summed E-state index contributed by atoms with van der Waals surface area (Å²) in [5.74, 6) is 0. The minimum absolute atomic E-state index is 0.696. The molecular weight excluding hydrogens is 220 g/mol. The summed E-state index contributed by atoms with van der Waals surface area (Å²) in [4.78, 5) is 2.66. The number of nitrogens with zero attached hydrogens (tertiary/aromatic N) is 1. The van der Waals surface area contributed by atoms with Gasteiger partial charge in [-0.3, -0.25) is 0 Å². The summed E-state index contributed by atoms with van der Waals surface area (Å²) in [6.07, 6.45) is 6.11. The molecule has 0 spiro atoms. The molecule has 1 aromatic carbocycles. The third-order valence-corrected chi connectivity index (χ3v) is 4.03. The summed E-state index contributed by atoms with van der Waals surface area (Å²) in [6, 6.07) is 7.07. The van der Waals surface area contributed by atoms with E-state index in [1.807, 2.05) is 6.07 Å². The van der Waals surface area contributed by atoms with E-state index in [4.69, 9.17) is 5.73 Å². The summed E-state index contributed by atoms with van der Waals surface area (Å²) in [7, 11) is 0. The van der Waals surface area contributed by atoms with Crippen LogP contribution in [0.15, 0.2) is 18.2 Å². The highest BCUT2D eigenvalue weighted by Gasteiger charge is 2.24. The normalized spacial score (nSPS) is 18.9. The fourth-order valence-electron chi connectivity index (χ4n) is 3.16. The third-order valence-electron chi connectivity index (χ3n) is 4.03. The molecule has 0 aliphatic heterocycles. The van der Waals surface area contributed by atoms with Crippen LogP contribution in [-0.4, -0.2) is 24.0 Å². The number of rotatable bonds is 5. The molecule has 2 N–H and O–H groups in total. The zero-order valence-corrected chi connectivity index (χ0v) is 11.8. The standard InChI is InChI=1S/C16H26N2/c1-3-10-18(11-4-2)14-9-8-13-6-5-7-16(17)15(13)12-14/h5-7,14H,3-4,8-12,17H2,1-2H3/t14-/m1/s1. The highest BCUT2D eigenvalue weighted by molar-refractivity contribution is 5.52. The van der Waals surface area contributed by atoms with E-state index < -0.39 is 0 Å². The van der Waals surface area contributed by atoms with Gasteiger partial charge < -0.3 is 10.6 Å². The lowest BCUT2D eigenvalue weighted by molar-refractivity contribution is 0.180. The summed E-state index contributed by atoms with van der Waals surface area (Å²) < 4.78 is 0. The van der Waals surface area contributed by atoms with Crippen LogP contribution in [0.3, 0.4) is 0 Å². The van der Waals surface area contributed by atoms with E-state index >= 15 is 0 Å². The van der Waals surface area contributed by atoms with Crippen molar-refractivity contribution in [2.75, 3.05) is 18.8 Å². The predicted molar refractivity (Wildman–Crippen MR) is 78.8 cm³/mol. The lowest BCUT2D eigenvalue weighted by Gasteiger charge is -2.35. The van der Waals surface area contributed by atoms with Gasteiger partial charge in [0.25, 0.3) is 0 Å². The van der Waals surface area contributed by atoms with Gasteiger partial charge in [0.2, 0.25) is 0 Å². The average Bonchev–Trinajstić information content (AvgIpc) is 2.39. The van der Waals surface area contributed by atoms with Crippen LogP contribution in [0.1, 0.15) is 44.2 Å². The molecule has 0 saturated carbocycles. The molecule has 1 aliphatic rings. The van der Waals surface area contributed by atoms with Gasteiger partial charge >= 0.3 is 0 Å². The molecule has 1 atom stereocenters. The van der Waals surface area contributed by atoms with Crippen molar-refractivity contribution in [2.24, 2.45) is 0 Å². The van der Waals surface area contributed by atoms with Crippen LogP contribution in [0, 0.1) is 0 Å². The van der Waals surface area contributed by atoms with Crippen LogP contribution >= 0.6 is 0 Å². The number of hydrogen-bond donors (Lipinski definition) is 1. The topological polar surface area (TPSA) is 29.3 Å². The largest absolute Gasteiger partial charge is 0.398 e. The summed E-state index contributed by atoms with van der Waals surface area (Å²) in [6.45, 7) is 6.99. The van der Waals surface area contributed by atoms with Gasteiger partial charge in [-0.1, -0.05) is 26.0 Å². The summed E-state index contributed by atoms with van der Waals surface area (Å²) >= 11 is 0. The number of nitrogen functional groups attached to an aromatic ring is 1. The Morgan fingerprint density at radius 1 is 1.22 bits per heavy atom. The van der Waals surface area contributed by atoms with E-state index in [0.29, 0.717) is 6.04 Å². The van der Waals surface area contributed by atoms with Gasteiger partial charge in [-0.05, 0) is 62.4 Å². The first-order valence-corrected chi connectivity index (χ1v) is 7.36. The Kier molecular flexibility index (Phi) is 4.65. The Morgan fingerprint density at radius 2 is 1.94 bits per heavy atom. The zero-order chi connectivity index (χ0) is 13.0. The second-order valence-electron chi connectivity index (χ2n) is 5.42. The van der Waals surface area contributed by atoms with Crippen LogP contribution < -0.4 is 5.73 Å². The van der Waals surface area contributed by atoms with E-state index in [1.165, 1.54) is 49.9 Å². The van der Waals surface area contributed by atoms with Crippen molar-refractivity contribution in [2.45, 2.75) is 52.0 Å². The molecule has 0 saturated heterocycles. The quantitative estimate of drug-likeness (QED) is 0.808. The third kappa shape index (κ3) is 2.86. The summed E-state index contributed by atoms with van der Waals surface area (Å²) in [5, 5.41) is 0. The highest BCUT2D eigenvalue weighted by atomic mass is 15.1. The molecule has 18 heavy (non-hydrogen) atoms. The molecule has 0 unspecified atom stereocenters. The number of hydrogen-bond acceptors (Lipinski definition) is 2. The number of anilines is 1. The molecule has 1 aliphatic carbocycles. The predicted octanol–water partition coefficient (Wildman–Crippen LogP) is 3.25. The van der Waals surface area contributed by atoms with E-state index in [9.17, 15) is 0 Å². The monoisotopic (exact) mass is 246 g/mol. The molecule has 0 radical (unpaired) electrons. The lowest BCUT2D eigenvalue weighted by atomic mass is 9.86. The minimum Gasteiger partial charge on any atom is -0.398 e. The van der Waals surface area contributed by atoms with Crippen LogP contribution in [0.5, 0.6) is 0 Å². The molecule has 2 rings (SSSR count). The Bertz CT molecular complexity index is 381. The Morgan fingerprint density at radius 3 is 2.61 bits per heavy atom. The van der Waals surface area contributed by atoms with Crippen molar-refractivity contribution < 1.29 is 0 Å². The Balaban J connectivity index is 2.12. The lowest BCUT2D eigenvalue weighted by Crippen LogP contribution is -2.40. The molecule has 0 fully saturated rings. The van der Waals surface area contributed by atoms with Crippen molar-refractivity contribution >= 4 is 5.69 Å². The van der Waals surface area contributed by atoms with Gasteiger partial charge in [-0.2, -0.15) is 0 Å². The fourth-order valence-corrected chi connectivity index (χ4v) is 3.16. The first kappa shape index (κ1) is 13.4. The van der Waals surface area contributed by atoms with Gasteiger partial charge in [0.1, 0.15) is 0 Å². The SMILES string of the molecule is CCCN(CCC)[C@@H]1CCc2cccc(N)c2C1. The van der Waals surface area contributed by atoms with Gasteiger partial charge in [0.05, 0.1) is 0 Å². The molecule has 0 heterocycles. The zero-order valence-electron chi connectivity index (χ0n) is 11.8. The van der Waals surface area contributed by atoms with Crippen molar-refractivity contribution in [1.82, 2.24) is 4.90 Å². The maximum Gasteiger partial charge on any atom is 0.0349 e. The summed E-state index contributed by atoms with van der Waals surface area (Å²) in [5.41, 5.74) is 10.0. The fraction of sp³-hybridized carbons (Fsp3) is 0.625. The van der Waals surface area contributed by atoms with E-state index in [2.05, 4.69) is 30.9 Å². The van der Waals surface area contributed by atoms with Gasteiger partial charge in [-0.15, -0.1) is 0 Å². The van der Waals surface area contributed by atoms with Gasteiger partial charge in [0, 0.05) is 11.7 Å². The number of aryl methyl sites for hydroxylation is 1. The minimum atomic E-state index is 0.696. The van der Waals surface area contributed by atoms with Crippen molar-refractivity contribution in [3.8, 4) is 0 Å². The number of benzene rings is 1. The molecule has 2 heteroatoms. The smallest absolute Gasteiger partial charge is 0.0349 e. The highest BCUT2D eigenvalue weighted by Crippen LogP contribution is 2.28. The maximum absolute atomic E-state index is 6.13. The second kappa shape index (κ2) is 6.24. The van der Waals surface area contributed by atoms with E-state index in [1.54, 1.807) is 0 Å². The Labute approximate surface area is 111 Å². The average molecular weight is 246 g/mol. The molecule has 2 nitrogen and oxygen atoms in total. The van der Waals surface area contributed by atoms with Gasteiger partial charge in [-0.25, -0.2) is 0 Å². The molecule has 0 aromatic heterocycles. The first-order chi connectivity index (χ1) is 8.76. The van der Waals surface area contributed by atoms with E-state index in [-0.39, 0.29) is 0 Å². The molecule has 0 bridgehead atoms. The first-order valence-electron chi connectivity index (χ1n) is 7.36. The maximum atomic E-state index is 6.13. The van der Waals surface area contributed by atoms with Crippen LogP contribution in [-0.2, 0) is 12.8 Å². The molecular formula is C16H26N2. The molecule has 100 valence electrons. The van der Waals surface area contributed by atoms with E-state index in [0.717, 1.165) is 12.1 Å².